The molecule has 0 fully saturated rings. The second-order valence-electron chi connectivity index (χ2n) is 3.91. The second kappa shape index (κ2) is 5.96. The van der Waals surface area contributed by atoms with Crippen LogP contribution in [-0.2, 0) is 4.79 Å². The van der Waals surface area contributed by atoms with Gasteiger partial charge in [-0.25, -0.2) is 4.98 Å². The fraction of sp³-hybridized carbons (Fsp3) is 0.455. The number of aromatic nitrogens is 1. The molecule has 0 aliphatic heterocycles. The van der Waals surface area contributed by atoms with E-state index in [0.717, 1.165) is 4.47 Å². The first-order valence-electron chi connectivity index (χ1n) is 5.17. The average molecular weight is 286 g/mol. The summed E-state index contributed by atoms with van der Waals surface area (Å²) in [6, 6.07) is 3.62. The molecule has 0 bridgehead atoms. The molecule has 4 nitrogen and oxygen atoms in total. The van der Waals surface area contributed by atoms with Crippen LogP contribution >= 0.6 is 15.9 Å². The largest absolute Gasteiger partial charge is 0.330 e. The maximum Gasteiger partial charge on any atom is 0.230 e. The van der Waals surface area contributed by atoms with Gasteiger partial charge in [-0.05, 0) is 34.0 Å². The van der Waals surface area contributed by atoms with Crippen LogP contribution in [0.1, 0.15) is 13.8 Å². The molecular weight excluding hydrogens is 270 g/mol. The van der Waals surface area contributed by atoms with Crippen molar-refractivity contribution >= 4 is 27.7 Å². The molecule has 0 saturated heterocycles. The summed E-state index contributed by atoms with van der Waals surface area (Å²) >= 11 is 3.32. The second-order valence-corrected chi connectivity index (χ2v) is 4.76. The molecule has 16 heavy (non-hydrogen) atoms. The number of amides is 1. The molecule has 3 N–H and O–H groups in total. The number of halogens is 1. The van der Waals surface area contributed by atoms with Gasteiger partial charge in [0.25, 0.3) is 0 Å². The van der Waals surface area contributed by atoms with Crippen LogP contribution in [0.25, 0.3) is 0 Å². The standard InChI is InChI=1S/C11H16BrN3O/c1-7(2)8(6-13)11(16)15-10-9(12)4-3-5-14-10/h3-5,7-8H,6,13H2,1-2H3,(H,14,15,16). The van der Waals surface area contributed by atoms with Gasteiger partial charge in [0.2, 0.25) is 5.91 Å². The summed E-state index contributed by atoms with van der Waals surface area (Å²) in [7, 11) is 0. The normalized spacial score (nSPS) is 12.6. The third-order valence-electron chi connectivity index (χ3n) is 2.40. The van der Waals surface area contributed by atoms with Crippen molar-refractivity contribution in [3.05, 3.63) is 22.8 Å². The van der Waals surface area contributed by atoms with Gasteiger partial charge in [-0.15, -0.1) is 0 Å². The number of carbonyl (C=O) groups excluding carboxylic acids is 1. The Morgan fingerprint density at radius 2 is 2.31 bits per heavy atom. The Bertz CT molecular complexity index is 368. The van der Waals surface area contributed by atoms with E-state index in [1.807, 2.05) is 19.9 Å². The van der Waals surface area contributed by atoms with Crippen LogP contribution in [0.2, 0.25) is 0 Å². The van der Waals surface area contributed by atoms with Gasteiger partial charge in [-0.3, -0.25) is 4.79 Å². The molecule has 0 aliphatic carbocycles. The van der Waals surface area contributed by atoms with Gasteiger partial charge >= 0.3 is 0 Å². The summed E-state index contributed by atoms with van der Waals surface area (Å²) < 4.78 is 0.767. The van der Waals surface area contributed by atoms with Crippen LogP contribution in [0.4, 0.5) is 5.82 Å². The smallest absolute Gasteiger partial charge is 0.230 e. The summed E-state index contributed by atoms with van der Waals surface area (Å²) in [6.45, 7) is 4.29. The Kier molecular flexibility index (Phi) is 4.89. The van der Waals surface area contributed by atoms with Gasteiger partial charge in [-0.2, -0.15) is 0 Å². The van der Waals surface area contributed by atoms with E-state index >= 15 is 0 Å². The number of rotatable bonds is 4. The Balaban J connectivity index is 2.74. The van der Waals surface area contributed by atoms with Crippen molar-refractivity contribution in [3.8, 4) is 0 Å². The lowest BCUT2D eigenvalue weighted by Crippen LogP contribution is -2.33. The molecule has 0 saturated carbocycles. The molecule has 1 aromatic heterocycles. The van der Waals surface area contributed by atoms with Crippen molar-refractivity contribution in [2.75, 3.05) is 11.9 Å². The molecule has 0 radical (unpaired) electrons. The van der Waals surface area contributed by atoms with Gasteiger partial charge in [0.15, 0.2) is 0 Å². The molecule has 88 valence electrons. The average Bonchev–Trinajstić information content (AvgIpc) is 2.22. The van der Waals surface area contributed by atoms with Crippen molar-refractivity contribution in [2.24, 2.45) is 17.6 Å². The van der Waals surface area contributed by atoms with Crippen LogP contribution in [0, 0.1) is 11.8 Å². The van der Waals surface area contributed by atoms with Crippen LogP contribution in [0.15, 0.2) is 22.8 Å². The molecule has 1 unspecified atom stereocenters. The first-order chi connectivity index (χ1) is 7.56. The third-order valence-corrected chi connectivity index (χ3v) is 3.04. The molecule has 1 amide bonds. The first-order valence-corrected chi connectivity index (χ1v) is 5.97. The van der Waals surface area contributed by atoms with E-state index in [1.54, 1.807) is 12.3 Å². The highest BCUT2D eigenvalue weighted by Gasteiger charge is 2.21. The number of nitrogens with one attached hydrogen (secondary N) is 1. The van der Waals surface area contributed by atoms with E-state index in [2.05, 4.69) is 26.2 Å². The molecule has 0 aromatic carbocycles. The summed E-state index contributed by atoms with van der Waals surface area (Å²) in [5, 5.41) is 2.77. The fourth-order valence-electron chi connectivity index (χ4n) is 1.37. The van der Waals surface area contributed by atoms with E-state index in [-0.39, 0.29) is 17.7 Å². The predicted molar refractivity (Wildman–Crippen MR) is 67.9 cm³/mol. The van der Waals surface area contributed by atoms with Crippen LogP contribution < -0.4 is 11.1 Å². The van der Waals surface area contributed by atoms with Gasteiger partial charge < -0.3 is 11.1 Å². The van der Waals surface area contributed by atoms with E-state index < -0.39 is 0 Å². The number of anilines is 1. The molecule has 1 rings (SSSR count). The molecular formula is C11H16BrN3O. The zero-order valence-electron chi connectivity index (χ0n) is 9.40. The van der Waals surface area contributed by atoms with Crippen molar-refractivity contribution in [3.63, 3.8) is 0 Å². The van der Waals surface area contributed by atoms with Crippen LogP contribution in [-0.4, -0.2) is 17.4 Å². The van der Waals surface area contributed by atoms with E-state index in [9.17, 15) is 4.79 Å². The highest BCUT2D eigenvalue weighted by molar-refractivity contribution is 9.10. The van der Waals surface area contributed by atoms with Gasteiger partial charge in [-0.1, -0.05) is 13.8 Å². The Labute approximate surface area is 104 Å². The molecule has 1 heterocycles. The molecule has 0 aliphatic rings. The minimum Gasteiger partial charge on any atom is -0.330 e. The lowest BCUT2D eigenvalue weighted by molar-refractivity contribution is -0.120. The van der Waals surface area contributed by atoms with Crippen LogP contribution in [0.3, 0.4) is 0 Å². The Morgan fingerprint density at radius 3 is 2.81 bits per heavy atom. The minimum absolute atomic E-state index is 0.0862. The van der Waals surface area contributed by atoms with E-state index in [1.165, 1.54) is 0 Å². The topological polar surface area (TPSA) is 68.0 Å². The Morgan fingerprint density at radius 1 is 1.62 bits per heavy atom. The fourth-order valence-corrected chi connectivity index (χ4v) is 1.72. The van der Waals surface area contributed by atoms with E-state index in [0.29, 0.717) is 12.4 Å². The first kappa shape index (κ1) is 13.1. The third kappa shape index (κ3) is 3.28. The highest BCUT2D eigenvalue weighted by atomic mass is 79.9. The number of nitrogens with zero attached hydrogens (tertiary/aromatic N) is 1. The number of hydrogen-bond donors (Lipinski definition) is 2. The van der Waals surface area contributed by atoms with Crippen molar-refractivity contribution in [2.45, 2.75) is 13.8 Å². The number of carbonyl (C=O) groups is 1. The molecule has 0 spiro atoms. The zero-order valence-corrected chi connectivity index (χ0v) is 11.0. The lowest BCUT2D eigenvalue weighted by atomic mass is 9.95. The number of pyridine rings is 1. The Hall–Kier alpha value is -0.940. The lowest BCUT2D eigenvalue weighted by Gasteiger charge is -2.18. The van der Waals surface area contributed by atoms with Crippen LogP contribution in [0.5, 0.6) is 0 Å². The van der Waals surface area contributed by atoms with Crippen molar-refractivity contribution in [1.82, 2.24) is 4.98 Å². The van der Waals surface area contributed by atoms with Gasteiger partial charge in [0.05, 0.1) is 10.4 Å². The molecule has 1 aromatic rings. The van der Waals surface area contributed by atoms with E-state index in [4.69, 9.17) is 5.73 Å². The van der Waals surface area contributed by atoms with Gasteiger partial charge in [0, 0.05) is 12.7 Å². The molecule has 1 atom stereocenters. The summed E-state index contributed by atoms with van der Waals surface area (Å²) in [4.78, 5) is 16.0. The maximum atomic E-state index is 11.9. The summed E-state index contributed by atoms with van der Waals surface area (Å²) in [6.07, 6.45) is 1.63. The maximum absolute atomic E-state index is 11.9. The quantitative estimate of drug-likeness (QED) is 0.889. The number of nitrogens with two attached hydrogens (primary N) is 1. The SMILES string of the molecule is CC(C)C(CN)C(=O)Nc1ncccc1Br. The van der Waals surface area contributed by atoms with Crippen molar-refractivity contribution < 1.29 is 4.79 Å². The van der Waals surface area contributed by atoms with Gasteiger partial charge in [0.1, 0.15) is 5.82 Å². The molecule has 5 heteroatoms. The predicted octanol–water partition coefficient (Wildman–Crippen LogP) is 2.01. The minimum atomic E-state index is -0.186. The summed E-state index contributed by atoms with van der Waals surface area (Å²) in [5.41, 5.74) is 5.57. The zero-order chi connectivity index (χ0) is 12.1. The number of hydrogen-bond acceptors (Lipinski definition) is 3. The highest BCUT2D eigenvalue weighted by Crippen LogP contribution is 2.20. The summed E-state index contributed by atoms with van der Waals surface area (Å²) in [5.74, 6) is 0.477. The monoisotopic (exact) mass is 285 g/mol. The van der Waals surface area contributed by atoms with Crippen molar-refractivity contribution in [1.29, 1.82) is 0 Å².